The van der Waals surface area contributed by atoms with Crippen molar-refractivity contribution in [2.75, 3.05) is 12.4 Å². The molecular formula is C7H12O2S2. The van der Waals surface area contributed by atoms with Gasteiger partial charge in [-0.1, -0.05) is 21.6 Å². The molecule has 0 aromatic carbocycles. The highest BCUT2D eigenvalue weighted by Gasteiger charge is 2.23. The van der Waals surface area contributed by atoms with Crippen molar-refractivity contribution in [2.24, 2.45) is 0 Å². The van der Waals surface area contributed by atoms with E-state index >= 15 is 0 Å². The Hall–Kier alpha value is 0.170. The lowest BCUT2D eigenvalue weighted by atomic mass is 10.2. The van der Waals surface area contributed by atoms with Crippen molar-refractivity contribution in [3.8, 4) is 0 Å². The van der Waals surface area contributed by atoms with Gasteiger partial charge in [-0.3, -0.25) is 4.79 Å². The van der Waals surface area contributed by atoms with Crippen molar-refractivity contribution in [1.82, 2.24) is 0 Å². The summed E-state index contributed by atoms with van der Waals surface area (Å²) < 4.78 is 4.91. The van der Waals surface area contributed by atoms with Gasteiger partial charge in [0.25, 0.3) is 0 Å². The standard InChI is InChI=1S/C7H12O2S2/c1-2-9-7(8)6-4-3-5-10-11-6/h6H,2-5H2,1H3. The van der Waals surface area contributed by atoms with Gasteiger partial charge in [0.1, 0.15) is 5.25 Å². The molecule has 0 saturated carbocycles. The third-order valence-corrected chi connectivity index (χ3v) is 4.28. The van der Waals surface area contributed by atoms with Gasteiger partial charge < -0.3 is 4.74 Å². The zero-order valence-corrected chi connectivity index (χ0v) is 8.17. The van der Waals surface area contributed by atoms with E-state index in [9.17, 15) is 4.79 Å². The molecule has 1 fully saturated rings. The molecule has 64 valence electrons. The maximum Gasteiger partial charge on any atom is 0.319 e. The van der Waals surface area contributed by atoms with E-state index in [0.717, 1.165) is 12.8 Å². The van der Waals surface area contributed by atoms with Gasteiger partial charge in [-0.25, -0.2) is 0 Å². The van der Waals surface area contributed by atoms with E-state index in [4.69, 9.17) is 4.74 Å². The number of hydrogen-bond acceptors (Lipinski definition) is 4. The molecule has 0 radical (unpaired) electrons. The van der Waals surface area contributed by atoms with Crippen LogP contribution in [-0.2, 0) is 9.53 Å². The molecule has 0 spiro atoms. The van der Waals surface area contributed by atoms with Crippen molar-refractivity contribution in [3.05, 3.63) is 0 Å². The molecule has 11 heavy (non-hydrogen) atoms. The fraction of sp³-hybridized carbons (Fsp3) is 0.857. The van der Waals surface area contributed by atoms with Gasteiger partial charge in [0, 0.05) is 5.75 Å². The van der Waals surface area contributed by atoms with Crippen LogP contribution < -0.4 is 0 Å². The van der Waals surface area contributed by atoms with E-state index in [1.807, 2.05) is 6.92 Å². The number of carbonyl (C=O) groups is 1. The van der Waals surface area contributed by atoms with Crippen molar-refractivity contribution in [2.45, 2.75) is 25.0 Å². The fourth-order valence-corrected chi connectivity index (χ4v) is 3.51. The Morgan fingerprint density at radius 1 is 1.73 bits per heavy atom. The maximum atomic E-state index is 11.1. The lowest BCUT2D eigenvalue weighted by Gasteiger charge is -2.18. The molecule has 0 N–H and O–H groups in total. The Kier molecular flexibility index (Phi) is 4.15. The van der Waals surface area contributed by atoms with E-state index in [-0.39, 0.29) is 11.2 Å². The van der Waals surface area contributed by atoms with Gasteiger partial charge in [-0.2, -0.15) is 0 Å². The Labute approximate surface area is 74.8 Å². The molecule has 2 nitrogen and oxygen atoms in total. The third-order valence-electron chi connectivity index (χ3n) is 1.43. The SMILES string of the molecule is CCOC(=O)C1CCCSS1. The molecule has 4 heteroatoms. The van der Waals surface area contributed by atoms with Crippen molar-refractivity contribution in [3.63, 3.8) is 0 Å². The molecule has 1 rings (SSSR count). The predicted molar refractivity (Wildman–Crippen MR) is 49.7 cm³/mol. The summed E-state index contributed by atoms with van der Waals surface area (Å²) in [4.78, 5) is 11.1. The van der Waals surface area contributed by atoms with E-state index < -0.39 is 0 Å². The average Bonchev–Trinajstić information content (AvgIpc) is 2.07. The predicted octanol–water partition coefficient (Wildman–Crippen LogP) is 2.09. The van der Waals surface area contributed by atoms with Crippen LogP contribution in [0.25, 0.3) is 0 Å². The summed E-state index contributed by atoms with van der Waals surface area (Å²) in [6.45, 7) is 2.35. The molecule has 0 aromatic rings. The summed E-state index contributed by atoms with van der Waals surface area (Å²) in [6, 6.07) is 0. The van der Waals surface area contributed by atoms with E-state index in [0.29, 0.717) is 6.61 Å². The average molecular weight is 192 g/mol. The minimum atomic E-state index is -0.0373. The second-order valence-corrected chi connectivity index (χ2v) is 4.99. The van der Waals surface area contributed by atoms with Gasteiger partial charge in [-0.15, -0.1) is 0 Å². The zero-order valence-electron chi connectivity index (χ0n) is 6.54. The number of hydrogen-bond donors (Lipinski definition) is 0. The summed E-state index contributed by atoms with van der Waals surface area (Å²) in [6.07, 6.45) is 2.12. The van der Waals surface area contributed by atoms with Crippen LogP contribution in [0.5, 0.6) is 0 Å². The minimum Gasteiger partial charge on any atom is -0.465 e. The monoisotopic (exact) mass is 192 g/mol. The molecule has 0 aliphatic carbocycles. The summed E-state index contributed by atoms with van der Waals surface area (Å²) in [7, 11) is 3.43. The lowest BCUT2D eigenvalue weighted by Crippen LogP contribution is -2.21. The van der Waals surface area contributed by atoms with Gasteiger partial charge in [0.15, 0.2) is 0 Å². The second-order valence-electron chi connectivity index (χ2n) is 2.30. The molecule has 0 aromatic heterocycles. The smallest absolute Gasteiger partial charge is 0.319 e. The Morgan fingerprint density at radius 3 is 3.09 bits per heavy atom. The first-order valence-electron chi connectivity index (χ1n) is 3.79. The highest BCUT2D eigenvalue weighted by Crippen LogP contribution is 2.36. The minimum absolute atomic E-state index is 0.0373. The number of rotatable bonds is 2. The van der Waals surface area contributed by atoms with E-state index in [1.54, 1.807) is 21.6 Å². The van der Waals surface area contributed by atoms with Gasteiger partial charge in [0.2, 0.25) is 0 Å². The van der Waals surface area contributed by atoms with Crippen LogP contribution in [0, 0.1) is 0 Å². The topological polar surface area (TPSA) is 26.3 Å². The molecule has 1 atom stereocenters. The normalized spacial score (nSPS) is 24.6. The van der Waals surface area contributed by atoms with Crippen LogP contribution in [0.4, 0.5) is 0 Å². The largest absolute Gasteiger partial charge is 0.465 e. The molecular weight excluding hydrogens is 180 g/mol. The number of esters is 1. The summed E-state index contributed by atoms with van der Waals surface area (Å²) in [5.74, 6) is 1.13. The Morgan fingerprint density at radius 2 is 2.55 bits per heavy atom. The summed E-state index contributed by atoms with van der Waals surface area (Å²) >= 11 is 0. The highest BCUT2D eigenvalue weighted by molar-refractivity contribution is 8.77. The van der Waals surface area contributed by atoms with Gasteiger partial charge >= 0.3 is 5.97 Å². The van der Waals surface area contributed by atoms with E-state index in [2.05, 4.69) is 0 Å². The molecule has 1 saturated heterocycles. The summed E-state index contributed by atoms with van der Waals surface area (Å²) in [5.41, 5.74) is 0. The quantitative estimate of drug-likeness (QED) is 0.494. The number of ether oxygens (including phenoxy) is 1. The van der Waals surface area contributed by atoms with Crippen LogP contribution in [0.2, 0.25) is 0 Å². The van der Waals surface area contributed by atoms with Crippen LogP contribution >= 0.6 is 21.6 Å². The lowest BCUT2D eigenvalue weighted by molar-refractivity contribution is -0.142. The van der Waals surface area contributed by atoms with Gasteiger partial charge in [-0.05, 0) is 19.8 Å². The highest BCUT2D eigenvalue weighted by atomic mass is 33.1. The molecule has 0 bridgehead atoms. The van der Waals surface area contributed by atoms with Crippen molar-refractivity contribution in [1.29, 1.82) is 0 Å². The fourth-order valence-electron chi connectivity index (χ4n) is 0.898. The molecule has 1 aliphatic rings. The first-order valence-corrected chi connectivity index (χ1v) is 6.17. The zero-order chi connectivity index (χ0) is 8.10. The Balaban J connectivity index is 2.27. The van der Waals surface area contributed by atoms with Crippen LogP contribution in [-0.4, -0.2) is 23.6 Å². The first kappa shape index (κ1) is 9.26. The van der Waals surface area contributed by atoms with Crippen molar-refractivity contribution >= 4 is 27.6 Å². The molecule has 1 aliphatic heterocycles. The summed E-state index contributed by atoms with van der Waals surface area (Å²) in [5, 5.41) is 0.0914. The molecule has 1 unspecified atom stereocenters. The van der Waals surface area contributed by atoms with E-state index in [1.165, 1.54) is 5.75 Å². The second kappa shape index (κ2) is 4.93. The van der Waals surface area contributed by atoms with Crippen LogP contribution in [0.15, 0.2) is 0 Å². The first-order chi connectivity index (χ1) is 5.34. The third kappa shape index (κ3) is 2.95. The van der Waals surface area contributed by atoms with Crippen LogP contribution in [0.1, 0.15) is 19.8 Å². The van der Waals surface area contributed by atoms with Crippen LogP contribution in [0.3, 0.4) is 0 Å². The van der Waals surface area contributed by atoms with Gasteiger partial charge in [0.05, 0.1) is 6.61 Å². The van der Waals surface area contributed by atoms with Crippen molar-refractivity contribution < 1.29 is 9.53 Å². The molecule has 0 amide bonds. The Bertz CT molecular complexity index is 132. The number of carbonyl (C=O) groups excluding carboxylic acids is 1. The molecule has 1 heterocycles. The maximum absolute atomic E-state index is 11.1.